The molecule has 22 heavy (non-hydrogen) atoms. The van der Waals surface area contributed by atoms with Crippen molar-refractivity contribution >= 4 is 27.7 Å². The van der Waals surface area contributed by atoms with E-state index in [0.717, 1.165) is 10.0 Å². The molecule has 1 aliphatic rings. The summed E-state index contributed by atoms with van der Waals surface area (Å²) in [5.74, 6) is -0.265. The van der Waals surface area contributed by atoms with Crippen molar-refractivity contribution in [2.75, 3.05) is 21.3 Å². The average molecular weight is 373 g/mol. The van der Waals surface area contributed by atoms with Crippen LogP contribution in [0, 0.1) is 0 Å². The van der Waals surface area contributed by atoms with Crippen molar-refractivity contribution in [3.05, 3.63) is 34.3 Å². The Kier molecular flexibility index (Phi) is 5.17. The number of aliphatic hydroxyl groups excluding tert-OH is 1. The van der Waals surface area contributed by atoms with Gasteiger partial charge in [0.05, 0.1) is 13.5 Å². The van der Waals surface area contributed by atoms with Crippen LogP contribution in [-0.2, 0) is 19.1 Å². The average Bonchev–Trinajstić information content (AvgIpc) is 2.84. The summed E-state index contributed by atoms with van der Waals surface area (Å²) in [4.78, 5) is 22.1. The van der Waals surface area contributed by atoms with E-state index in [0.29, 0.717) is 5.84 Å². The topological polar surface area (TPSA) is 80.6 Å². The Morgan fingerprint density at radius 1 is 1.50 bits per heavy atom. The standard InChI is InChI=1S/C14H17BrN2O5/c1-17-12(9-6-4-5-7-10(9)15)16-14(22-17,13(19)21-3)8-11(18)20-2/h4-7,11,18H,8H2,1-3H3. The molecule has 2 unspecified atom stereocenters. The van der Waals surface area contributed by atoms with Crippen molar-refractivity contribution in [1.29, 1.82) is 0 Å². The van der Waals surface area contributed by atoms with Crippen LogP contribution in [0.5, 0.6) is 0 Å². The first-order valence-electron chi connectivity index (χ1n) is 6.50. The first-order chi connectivity index (χ1) is 10.4. The molecule has 0 amide bonds. The van der Waals surface area contributed by atoms with E-state index in [1.807, 2.05) is 24.3 Å². The number of ether oxygens (including phenoxy) is 2. The summed E-state index contributed by atoms with van der Waals surface area (Å²) in [6, 6.07) is 7.40. The zero-order chi connectivity index (χ0) is 16.3. The highest BCUT2D eigenvalue weighted by atomic mass is 79.9. The molecule has 1 heterocycles. The minimum Gasteiger partial charge on any atom is -0.465 e. The van der Waals surface area contributed by atoms with Crippen LogP contribution in [0.25, 0.3) is 0 Å². The molecule has 2 rings (SSSR count). The molecule has 120 valence electrons. The van der Waals surface area contributed by atoms with Gasteiger partial charge in [-0.05, 0) is 6.07 Å². The van der Waals surface area contributed by atoms with E-state index in [2.05, 4.69) is 20.9 Å². The molecule has 0 aliphatic carbocycles. The van der Waals surface area contributed by atoms with Gasteiger partial charge in [0.25, 0.3) is 5.72 Å². The van der Waals surface area contributed by atoms with E-state index >= 15 is 0 Å². The Hall–Kier alpha value is -1.48. The molecule has 0 spiro atoms. The maximum absolute atomic E-state index is 12.1. The van der Waals surface area contributed by atoms with Crippen molar-refractivity contribution in [3.8, 4) is 0 Å². The SMILES string of the molecule is COC(=O)C1(CC(O)OC)N=C(c2ccccc2Br)N(C)O1. The largest absolute Gasteiger partial charge is 0.465 e. The zero-order valence-corrected chi connectivity index (χ0v) is 14.0. The van der Waals surface area contributed by atoms with Gasteiger partial charge < -0.3 is 14.6 Å². The van der Waals surface area contributed by atoms with E-state index in [4.69, 9.17) is 14.3 Å². The van der Waals surface area contributed by atoms with Crippen LogP contribution < -0.4 is 0 Å². The van der Waals surface area contributed by atoms with Crippen molar-refractivity contribution in [1.82, 2.24) is 5.06 Å². The molecule has 0 radical (unpaired) electrons. The van der Waals surface area contributed by atoms with Crippen LogP contribution in [-0.4, -0.2) is 55.3 Å². The summed E-state index contributed by atoms with van der Waals surface area (Å²) in [5.41, 5.74) is -0.925. The third-order valence-electron chi connectivity index (χ3n) is 3.22. The predicted molar refractivity (Wildman–Crippen MR) is 81.9 cm³/mol. The number of hydrogen-bond donors (Lipinski definition) is 1. The first kappa shape index (κ1) is 16.9. The number of carbonyl (C=O) groups excluding carboxylic acids is 1. The van der Waals surface area contributed by atoms with Gasteiger partial charge in [0.15, 0.2) is 12.1 Å². The molecule has 0 saturated heterocycles. The van der Waals surface area contributed by atoms with Gasteiger partial charge in [-0.2, -0.15) is 0 Å². The lowest BCUT2D eigenvalue weighted by Gasteiger charge is -2.25. The second-order valence-corrected chi connectivity index (χ2v) is 5.53. The van der Waals surface area contributed by atoms with Crippen molar-refractivity contribution in [2.24, 2.45) is 4.99 Å². The molecule has 0 saturated carbocycles. The number of hydroxylamine groups is 2. The molecule has 0 fully saturated rings. The number of aliphatic imine (C=N–C) groups is 1. The lowest BCUT2D eigenvalue weighted by atomic mass is 10.1. The highest BCUT2D eigenvalue weighted by molar-refractivity contribution is 9.10. The highest BCUT2D eigenvalue weighted by Gasteiger charge is 2.50. The summed E-state index contributed by atoms with van der Waals surface area (Å²) in [6.45, 7) is 0. The summed E-state index contributed by atoms with van der Waals surface area (Å²) in [6.07, 6.45) is -1.40. The molecule has 0 bridgehead atoms. The number of methoxy groups -OCH3 is 2. The normalized spacial score (nSPS) is 22.4. The molecule has 1 aromatic rings. The number of nitrogens with zero attached hydrogens (tertiary/aromatic N) is 2. The van der Waals surface area contributed by atoms with E-state index < -0.39 is 18.0 Å². The molecule has 1 aromatic carbocycles. The fourth-order valence-corrected chi connectivity index (χ4v) is 2.59. The van der Waals surface area contributed by atoms with Gasteiger partial charge in [-0.1, -0.05) is 34.1 Å². The van der Waals surface area contributed by atoms with Gasteiger partial charge >= 0.3 is 5.97 Å². The maximum Gasteiger partial charge on any atom is 0.364 e. The minimum atomic E-state index is -1.68. The third kappa shape index (κ3) is 3.14. The van der Waals surface area contributed by atoms with Crippen molar-refractivity contribution in [2.45, 2.75) is 18.4 Å². The number of rotatable bonds is 5. The Bertz CT molecular complexity index is 594. The number of aliphatic hydroxyl groups is 1. The number of amidine groups is 1. The lowest BCUT2D eigenvalue weighted by molar-refractivity contribution is -0.219. The number of benzene rings is 1. The van der Waals surface area contributed by atoms with Crippen LogP contribution in [0.2, 0.25) is 0 Å². The van der Waals surface area contributed by atoms with Crippen LogP contribution in [0.4, 0.5) is 0 Å². The summed E-state index contributed by atoms with van der Waals surface area (Å²) in [7, 11) is 4.19. The second kappa shape index (κ2) is 6.74. The van der Waals surface area contributed by atoms with Gasteiger partial charge in [-0.25, -0.2) is 19.7 Å². The molecule has 1 N–H and O–H groups in total. The fraction of sp³-hybridized carbons (Fsp3) is 0.429. The Balaban J connectivity index is 2.45. The lowest BCUT2D eigenvalue weighted by Crippen LogP contribution is -2.43. The fourth-order valence-electron chi connectivity index (χ4n) is 2.13. The third-order valence-corrected chi connectivity index (χ3v) is 3.91. The zero-order valence-electron chi connectivity index (χ0n) is 12.4. The van der Waals surface area contributed by atoms with Gasteiger partial charge in [-0.15, -0.1) is 0 Å². The van der Waals surface area contributed by atoms with E-state index in [1.165, 1.54) is 19.3 Å². The van der Waals surface area contributed by atoms with Gasteiger partial charge in [-0.3, -0.25) is 0 Å². The maximum atomic E-state index is 12.1. The van der Waals surface area contributed by atoms with Gasteiger partial charge in [0.2, 0.25) is 0 Å². The Morgan fingerprint density at radius 2 is 2.18 bits per heavy atom. The molecule has 1 aliphatic heterocycles. The second-order valence-electron chi connectivity index (χ2n) is 4.67. The number of esters is 1. The predicted octanol–water partition coefficient (Wildman–Crippen LogP) is 1.30. The van der Waals surface area contributed by atoms with Gasteiger partial charge in [0.1, 0.15) is 0 Å². The summed E-state index contributed by atoms with van der Waals surface area (Å²) >= 11 is 3.44. The Morgan fingerprint density at radius 3 is 2.77 bits per heavy atom. The number of hydrogen-bond acceptors (Lipinski definition) is 7. The quantitative estimate of drug-likeness (QED) is 0.619. The van der Waals surface area contributed by atoms with Gasteiger partial charge in [0, 0.05) is 24.2 Å². The van der Waals surface area contributed by atoms with Crippen LogP contribution in [0.1, 0.15) is 12.0 Å². The van der Waals surface area contributed by atoms with E-state index in [-0.39, 0.29) is 6.42 Å². The van der Waals surface area contributed by atoms with Crippen LogP contribution >= 0.6 is 15.9 Å². The molecule has 8 heteroatoms. The monoisotopic (exact) mass is 372 g/mol. The number of carbonyl (C=O) groups is 1. The van der Waals surface area contributed by atoms with Crippen LogP contribution in [0.15, 0.2) is 33.7 Å². The van der Waals surface area contributed by atoms with E-state index in [1.54, 1.807) is 7.05 Å². The summed E-state index contributed by atoms with van der Waals surface area (Å²) in [5, 5.41) is 11.1. The minimum absolute atomic E-state index is 0.186. The Labute approximate surface area is 136 Å². The molecule has 7 nitrogen and oxygen atoms in total. The van der Waals surface area contributed by atoms with Crippen molar-refractivity contribution in [3.63, 3.8) is 0 Å². The summed E-state index contributed by atoms with van der Waals surface area (Å²) < 4.78 is 10.4. The van der Waals surface area contributed by atoms with Crippen molar-refractivity contribution < 1.29 is 24.2 Å². The highest BCUT2D eigenvalue weighted by Crippen LogP contribution is 2.32. The molecular formula is C14H17BrN2O5. The molecule has 0 aromatic heterocycles. The molecular weight excluding hydrogens is 356 g/mol. The first-order valence-corrected chi connectivity index (χ1v) is 7.29. The number of halogens is 1. The van der Waals surface area contributed by atoms with Crippen LogP contribution in [0.3, 0.4) is 0 Å². The van der Waals surface area contributed by atoms with E-state index in [9.17, 15) is 9.90 Å². The smallest absolute Gasteiger partial charge is 0.364 e. The molecule has 2 atom stereocenters.